The quantitative estimate of drug-likeness (QED) is 0.863. The monoisotopic (exact) mass is 292 g/mol. The molecule has 1 aromatic heterocycles. The summed E-state index contributed by atoms with van der Waals surface area (Å²) in [5.74, 6) is -0.433. The topological polar surface area (TPSA) is 115 Å². The number of hydrogen-bond acceptors (Lipinski definition) is 5. The summed E-state index contributed by atoms with van der Waals surface area (Å²) >= 11 is 0. The highest BCUT2D eigenvalue weighted by Gasteiger charge is 2.11. The molecule has 8 heteroatoms. The van der Waals surface area contributed by atoms with Crippen LogP contribution in [0.5, 0.6) is 0 Å². The molecule has 2 aromatic rings. The van der Waals surface area contributed by atoms with Crippen LogP contribution in [0.1, 0.15) is 16.3 Å². The molecule has 0 aliphatic carbocycles. The van der Waals surface area contributed by atoms with Crippen LogP contribution in [0.3, 0.4) is 0 Å². The molecule has 0 unspecified atom stereocenters. The van der Waals surface area contributed by atoms with Gasteiger partial charge in [-0.3, -0.25) is 4.79 Å². The summed E-state index contributed by atoms with van der Waals surface area (Å²) in [6.07, 6.45) is 1.49. The highest BCUT2D eigenvalue weighted by Crippen LogP contribution is 2.13. The van der Waals surface area contributed by atoms with Crippen LogP contribution in [0.4, 0.5) is 5.69 Å². The molecule has 0 atom stereocenters. The number of aromatic nitrogens is 2. The number of carbonyl (C=O) groups excluding carboxylic acids is 1. The lowest BCUT2D eigenvalue weighted by Crippen LogP contribution is -2.16. The number of hydrogen-bond donors (Lipinski definition) is 2. The smallest absolute Gasteiger partial charge is 0.293 e. The average molecular weight is 292 g/mol. The molecule has 0 aliphatic rings. The number of nitrogens with one attached hydrogen (secondary N) is 1. The maximum Gasteiger partial charge on any atom is 0.293 e. The van der Waals surface area contributed by atoms with E-state index in [1.807, 2.05) is 0 Å². The van der Waals surface area contributed by atoms with E-state index in [0.29, 0.717) is 11.4 Å². The molecule has 0 bridgehead atoms. The van der Waals surface area contributed by atoms with Gasteiger partial charge < -0.3 is 5.32 Å². The molecule has 1 heterocycles. The van der Waals surface area contributed by atoms with Crippen LogP contribution in [0.25, 0.3) is 0 Å². The summed E-state index contributed by atoms with van der Waals surface area (Å²) in [7, 11) is -3.74. The average Bonchev–Trinajstić information content (AvgIpc) is 2.38. The third kappa shape index (κ3) is 3.37. The Morgan fingerprint density at radius 1 is 1.20 bits per heavy atom. The van der Waals surface area contributed by atoms with Gasteiger partial charge in [0.2, 0.25) is 15.8 Å². The Hall–Kier alpha value is -2.32. The van der Waals surface area contributed by atoms with Crippen molar-refractivity contribution in [2.24, 2.45) is 5.14 Å². The highest BCUT2D eigenvalue weighted by atomic mass is 32.2. The van der Waals surface area contributed by atoms with Crippen molar-refractivity contribution in [1.82, 2.24) is 9.97 Å². The first kappa shape index (κ1) is 14.1. The number of amides is 1. The SMILES string of the molecule is Cc1ccnc(C(=O)Nc2ccc(S(N)(=O)=O)cc2)n1. The van der Waals surface area contributed by atoms with Crippen molar-refractivity contribution >= 4 is 21.6 Å². The molecule has 2 rings (SSSR count). The normalized spacial score (nSPS) is 11.1. The number of carbonyl (C=O) groups is 1. The van der Waals surface area contributed by atoms with E-state index < -0.39 is 15.9 Å². The van der Waals surface area contributed by atoms with Crippen molar-refractivity contribution in [3.8, 4) is 0 Å². The number of nitrogens with zero attached hydrogens (tertiary/aromatic N) is 2. The zero-order valence-electron chi connectivity index (χ0n) is 10.6. The Kier molecular flexibility index (Phi) is 3.77. The van der Waals surface area contributed by atoms with Crippen LogP contribution in [-0.2, 0) is 10.0 Å². The number of rotatable bonds is 3. The van der Waals surface area contributed by atoms with Gasteiger partial charge in [-0.15, -0.1) is 0 Å². The Balaban J connectivity index is 2.16. The Labute approximate surface area is 115 Å². The summed E-state index contributed by atoms with van der Waals surface area (Å²) in [6.45, 7) is 1.75. The molecule has 0 spiro atoms. The molecule has 0 radical (unpaired) electrons. The molecule has 0 saturated carbocycles. The van der Waals surface area contributed by atoms with Crippen molar-refractivity contribution in [2.75, 3.05) is 5.32 Å². The minimum atomic E-state index is -3.74. The zero-order valence-corrected chi connectivity index (χ0v) is 11.4. The largest absolute Gasteiger partial charge is 0.319 e. The lowest BCUT2D eigenvalue weighted by Gasteiger charge is -2.05. The highest BCUT2D eigenvalue weighted by molar-refractivity contribution is 7.89. The van der Waals surface area contributed by atoms with E-state index >= 15 is 0 Å². The Bertz CT molecular complexity index is 742. The molecule has 7 nitrogen and oxygen atoms in total. The van der Waals surface area contributed by atoms with Crippen molar-refractivity contribution < 1.29 is 13.2 Å². The van der Waals surface area contributed by atoms with Crippen LogP contribution >= 0.6 is 0 Å². The molecule has 0 fully saturated rings. The second kappa shape index (κ2) is 5.35. The van der Waals surface area contributed by atoms with Crippen molar-refractivity contribution in [2.45, 2.75) is 11.8 Å². The lowest BCUT2D eigenvalue weighted by molar-refractivity contribution is 0.101. The molecule has 104 valence electrons. The number of nitrogens with two attached hydrogens (primary N) is 1. The summed E-state index contributed by atoms with van der Waals surface area (Å²) in [6, 6.07) is 7.17. The Morgan fingerprint density at radius 3 is 2.40 bits per heavy atom. The molecule has 1 aromatic carbocycles. The number of aryl methyl sites for hydroxylation is 1. The molecule has 0 saturated heterocycles. The fraction of sp³-hybridized carbons (Fsp3) is 0.0833. The summed E-state index contributed by atoms with van der Waals surface area (Å²) in [4.78, 5) is 19.7. The number of sulfonamides is 1. The van der Waals surface area contributed by atoms with Crippen molar-refractivity contribution in [3.05, 3.63) is 48.0 Å². The van der Waals surface area contributed by atoms with Gasteiger partial charge in [0.15, 0.2) is 0 Å². The van der Waals surface area contributed by atoms with E-state index in [2.05, 4.69) is 15.3 Å². The molecular formula is C12H12N4O3S. The van der Waals surface area contributed by atoms with E-state index in [9.17, 15) is 13.2 Å². The van der Waals surface area contributed by atoms with Gasteiger partial charge in [0.1, 0.15) is 0 Å². The van der Waals surface area contributed by atoms with Gasteiger partial charge in [0.25, 0.3) is 5.91 Å². The van der Waals surface area contributed by atoms with Gasteiger partial charge in [-0.2, -0.15) is 0 Å². The fourth-order valence-corrected chi connectivity index (χ4v) is 1.99. The van der Waals surface area contributed by atoms with Gasteiger partial charge in [0, 0.05) is 17.6 Å². The van der Waals surface area contributed by atoms with Crippen molar-refractivity contribution in [3.63, 3.8) is 0 Å². The first-order valence-corrected chi connectivity index (χ1v) is 7.15. The van der Waals surface area contributed by atoms with Gasteiger partial charge in [-0.25, -0.2) is 23.5 Å². The molecule has 20 heavy (non-hydrogen) atoms. The minimum absolute atomic E-state index is 0.0256. The minimum Gasteiger partial charge on any atom is -0.319 e. The predicted molar refractivity (Wildman–Crippen MR) is 72.5 cm³/mol. The van der Waals surface area contributed by atoms with E-state index in [1.54, 1.807) is 13.0 Å². The molecule has 1 amide bonds. The zero-order chi connectivity index (χ0) is 14.8. The van der Waals surface area contributed by atoms with E-state index in [0.717, 1.165) is 0 Å². The molecule has 3 N–H and O–H groups in total. The molecular weight excluding hydrogens is 280 g/mol. The summed E-state index contributed by atoms with van der Waals surface area (Å²) in [5.41, 5.74) is 1.10. The Morgan fingerprint density at radius 2 is 1.85 bits per heavy atom. The molecule has 0 aliphatic heterocycles. The van der Waals surface area contributed by atoms with Crippen molar-refractivity contribution in [1.29, 1.82) is 0 Å². The fourth-order valence-electron chi connectivity index (χ4n) is 1.47. The maximum atomic E-state index is 11.9. The van der Waals surface area contributed by atoms with Crippen LogP contribution in [0.15, 0.2) is 41.4 Å². The second-order valence-corrected chi connectivity index (χ2v) is 5.61. The number of primary sulfonamides is 1. The van der Waals surface area contributed by atoms with Gasteiger partial charge in [-0.1, -0.05) is 0 Å². The van der Waals surface area contributed by atoms with Crippen LogP contribution in [0.2, 0.25) is 0 Å². The van der Waals surface area contributed by atoms with Gasteiger partial charge in [-0.05, 0) is 37.3 Å². The third-order valence-corrected chi connectivity index (χ3v) is 3.37. The van der Waals surface area contributed by atoms with Gasteiger partial charge in [0.05, 0.1) is 4.90 Å². The summed E-state index contributed by atoms with van der Waals surface area (Å²) < 4.78 is 22.2. The predicted octanol–water partition coefficient (Wildman–Crippen LogP) is 0.685. The van der Waals surface area contributed by atoms with Crippen LogP contribution < -0.4 is 10.5 Å². The standard InChI is InChI=1S/C12H12N4O3S/c1-8-6-7-14-11(15-8)12(17)16-9-2-4-10(5-3-9)20(13,18)19/h2-7H,1H3,(H,16,17)(H2,13,18,19). The van der Waals surface area contributed by atoms with Gasteiger partial charge >= 0.3 is 0 Å². The van der Waals surface area contributed by atoms with E-state index in [-0.39, 0.29) is 10.7 Å². The van der Waals surface area contributed by atoms with E-state index in [4.69, 9.17) is 5.14 Å². The summed E-state index contributed by atoms with van der Waals surface area (Å²) in [5, 5.41) is 7.55. The lowest BCUT2D eigenvalue weighted by atomic mass is 10.3. The van der Waals surface area contributed by atoms with Crippen LogP contribution in [-0.4, -0.2) is 24.3 Å². The first-order chi connectivity index (χ1) is 9.36. The van der Waals surface area contributed by atoms with Crippen LogP contribution in [0, 0.1) is 6.92 Å². The first-order valence-electron chi connectivity index (χ1n) is 5.60. The maximum absolute atomic E-state index is 11.9. The third-order valence-electron chi connectivity index (χ3n) is 2.44. The number of anilines is 1. The number of benzene rings is 1. The van der Waals surface area contributed by atoms with E-state index in [1.165, 1.54) is 30.5 Å². The second-order valence-electron chi connectivity index (χ2n) is 4.05.